The van der Waals surface area contributed by atoms with Crippen LogP contribution in [0.25, 0.3) is 0 Å². The molecular formula is C37H56. The SMILES string of the molecule is CC1(C)CCC(C)(C)C2=C[C@@H]3C(C=C21)C(C(C)(C)C1CCCC1)C1C=C2C(=C[C@@H]13)C(C)(C)CCC2(C)C. The zero-order valence-electron chi connectivity index (χ0n) is 25.9. The first-order chi connectivity index (χ1) is 17.1. The molecule has 0 nitrogen and oxygen atoms in total. The van der Waals surface area contributed by atoms with Gasteiger partial charge in [-0.15, -0.1) is 0 Å². The summed E-state index contributed by atoms with van der Waals surface area (Å²) in [7, 11) is 0. The Morgan fingerprint density at radius 2 is 0.811 bits per heavy atom. The molecule has 0 heterocycles. The van der Waals surface area contributed by atoms with Gasteiger partial charge in [0.15, 0.2) is 0 Å². The normalized spacial score (nSPS) is 39.4. The molecule has 0 amide bonds. The molecule has 6 aliphatic rings. The molecule has 0 aromatic carbocycles. The highest BCUT2D eigenvalue weighted by Gasteiger charge is 2.59. The number of fused-ring (bicyclic) bond motifs is 5. The van der Waals surface area contributed by atoms with E-state index in [2.05, 4.69) is 93.5 Å². The van der Waals surface area contributed by atoms with Crippen molar-refractivity contribution in [1.29, 1.82) is 0 Å². The van der Waals surface area contributed by atoms with Crippen molar-refractivity contribution in [3.05, 3.63) is 46.6 Å². The van der Waals surface area contributed by atoms with E-state index in [-0.39, 0.29) is 0 Å². The minimum absolute atomic E-state index is 0.301. The molecule has 0 spiro atoms. The molecule has 3 unspecified atom stereocenters. The van der Waals surface area contributed by atoms with Crippen LogP contribution >= 0.6 is 0 Å². The van der Waals surface area contributed by atoms with Crippen LogP contribution in [0.4, 0.5) is 0 Å². The van der Waals surface area contributed by atoms with E-state index < -0.39 is 0 Å². The molecule has 0 saturated heterocycles. The number of allylic oxidation sites excluding steroid dienone is 8. The lowest BCUT2D eigenvalue weighted by Crippen LogP contribution is -2.40. The molecule has 4 fully saturated rings. The van der Waals surface area contributed by atoms with Crippen LogP contribution in [0.2, 0.25) is 0 Å². The molecule has 4 saturated carbocycles. The molecule has 204 valence electrons. The van der Waals surface area contributed by atoms with Crippen molar-refractivity contribution in [3.63, 3.8) is 0 Å². The third-order valence-electron chi connectivity index (χ3n) is 13.1. The predicted molar refractivity (Wildman–Crippen MR) is 159 cm³/mol. The smallest absolute Gasteiger partial charge is 0.00921 e. The van der Waals surface area contributed by atoms with Crippen LogP contribution in [0.3, 0.4) is 0 Å². The van der Waals surface area contributed by atoms with Gasteiger partial charge in [0.2, 0.25) is 0 Å². The second-order valence-corrected chi connectivity index (χ2v) is 17.5. The number of hydrogen-bond acceptors (Lipinski definition) is 0. The molecule has 37 heavy (non-hydrogen) atoms. The van der Waals surface area contributed by atoms with E-state index >= 15 is 0 Å². The van der Waals surface area contributed by atoms with Gasteiger partial charge in [-0.25, -0.2) is 0 Å². The van der Waals surface area contributed by atoms with Crippen LogP contribution in [-0.4, -0.2) is 0 Å². The van der Waals surface area contributed by atoms with Gasteiger partial charge < -0.3 is 0 Å². The first kappa shape index (κ1) is 26.2. The minimum Gasteiger partial charge on any atom is -0.0764 e. The van der Waals surface area contributed by atoms with Crippen molar-refractivity contribution in [1.82, 2.24) is 0 Å². The number of hydrogen-bond donors (Lipinski definition) is 0. The van der Waals surface area contributed by atoms with Crippen molar-refractivity contribution in [2.45, 2.75) is 121 Å². The fraction of sp³-hybridized carbons (Fsp3) is 0.784. The third kappa shape index (κ3) is 3.80. The first-order valence-corrected chi connectivity index (χ1v) is 16.0. The maximum absolute atomic E-state index is 2.89. The Kier molecular flexibility index (Phi) is 5.67. The van der Waals surface area contributed by atoms with Crippen molar-refractivity contribution in [2.24, 2.45) is 62.6 Å². The molecule has 6 rings (SSSR count). The minimum atomic E-state index is 0.301. The monoisotopic (exact) mass is 500 g/mol. The van der Waals surface area contributed by atoms with E-state index in [1.54, 1.807) is 22.3 Å². The molecule has 0 aliphatic heterocycles. The molecule has 5 atom stereocenters. The summed E-state index contributed by atoms with van der Waals surface area (Å²) in [5.74, 6) is 4.30. The van der Waals surface area contributed by atoms with Crippen LogP contribution in [0.15, 0.2) is 46.6 Å². The van der Waals surface area contributed by atoms with Gasteiger partial charge in [-0.3, -0.25) is 0 Å². The van der Waals surface area contributed by atoms with E-state index in [1.165, 1.54) is 51.4 Å². The zero-order chi connectivity index (χ0) is 26.8. The largest absolute Gasteiger partial charge is 0.0764 e. The zero-order valence-corrected chi connectivity index (χ0v) is 25.9. The standard InChI is InChI=1S/C37H56/c1-33(2)15-17-35(5,6)30-21-26-24(19-28(30)33)25-20-29-31(36(7,8)18-16-34(29,3)4)22-27(25)32(26)37(9,10)23-13-11-12-14-23/h19-27,32H,11-18H2,1-10H3/t24-,25+,26?,27?,32?. The Hall–Kier alpha value is -1.04. The van der Waals surface area contributed by atoms with Crippen molar-refractivity contribution >= 4 is 0 Å². The van der Waals surface area contributed by atoms with Crippen LogP contribution in [0, 0.1) is 62.6 Å². The predicted octanol–water partition coefficient (Wildman–Crippen LogP) is 10.7. The Bertz CT molecular complexity index is 1010. The van der Waals surface area contributed by atoms with Gasteiger partial charge in [0, 0.05) is 0 Å². The molecule has 6 aliphatic carbocycles. The summed E-state index contributed by atoms with van der Waals surface area (Å²) in [4.78, 5) is 0. The number of rotatable bonds is 2. The van der Waals surface area contributed by atoms with E-state index in [0.29, 0.717) is 50.7 Å². The summed E-state index contributed by atoms with van der Waals surface area (Å²) in [6.07, 6.45) is 22.6. The molecule has 0 aromatic rings. The molecule has 0 radical (unpaired) electrons. The summed E-state index contributed by atoms with van der Waals surface area (Å²) in [5, 5.41) is 0. The lowest BCUT2D eigenvalue weighted by Gasteiger charge is -2.49. The van der Waals surface area contributed by atoms with Gasteiger partial charge >= 0.3 is 0 Å². The second kappa shape index (κ2) is 8.01. The Morgan fingerprint density at radius 1 is 0.514 bits per heavy atom. The summed E-state index contributed by atoms with van der Waals surface area (Å²) in [6, 6.07) is 0. The fourth-order valence-corrected chi connectivity index (χ4v) is 10.3. The van der Waals surface area contributed by atoms with Gasteiger partial charge in [-0.1, -0.05) is 106 Å². The lowest BCUT2D eigenvalue weighted by atomic mass is 9.55. The van der Waals surface area contributed by atoms with Gasteiger partial charge in [0.1, 0.15) is 0 Å². The second-order valence-electron chi connectivity index (χ2n) is 17.5. The Balaban J connectivity index is 1.54. The maximum atomic E-state index is 2.89. The summed E-state index contributed by atoms with van der Waals surface area (Å²) >= 11 is 0. The third-order valence-corrected chi connectivity index (χ3v) is 13.1. The van der Waals surface area contributed by atoms with Crippen molar-refractivity contribution < 1.29 is 0 Å². The average molecular weight is 501 g/mol. The van der Waals surface area contributed by atoms with E-state index in [9.17, 15) is 0 Å². The highest BCUT2D eigenvalue weighted by molar-refractivity contribution is 5.51. The van der Waals surface area contributed by atoms with Crippen LogP contribution in [0.1, 0.15) is 121 Å². The first-order valence-electron chi connectivity index (χ1n) is 16.0. The summed E-state index contributed by atoms with van der Waals surface area (Å²) in [6.45, 7) is 25.6. The van der Waals surface area contributed by atoms with Gasteiger partial charge in [0.25, 0.3) is 0 Å². The summed E-state index contributed by atoms with van der Waals surface area (Å²) in [5.41, 5.74) is 8.44. The fourth-order valence-electron chi connectivity index (χ4n) is 10.3. The van der Waals surface area contributed by atoms with Crippen LogP contribution in [-0.2, 0) is 0 Å². The highest BCUT2D eigenvalue weighted by Crippen LogP contribution is 2.67. The maximum Gasteiger partial charge on any atom is -0.00921 e. The highest BCUT2D eigenvalue weighted by atomic mass is 14.6. The van der Waals surface area contributed by atoms with Gasteiger partial charge in [-0.05, 0) is 123 Å². The van der Waals surface area contributed by atoms with Gasteiger partial charge in [0.05, 0.1) is 0 Å². The summed E-state index contributed by atoms with van der Waals surface area (Å²) < 4.78 is 0. The molecule has 0 bridgehead atoms. The molecule has 0 N–H and O–H groups in total. The van der Waals surface area contributed by atoms with Crippen LogP contribution in [0.5, 0.6) is 0 Å². The van der Waals surface area contributed by atoms with E-state index in [0.717, 1.165) is 11.8 Å². The molecule has 0 heteroatoms. The Labute approximate surface area is 229 Å². The van der Waals surface area contributed by atoms with Crippen molar-refractivity contribution in [3.8, 4) is 0 Å². The van der Waals surface area contributed by atoms with Crippen LogP contribution < -0.4 is 0 Å². The topological polar surface area (TPSA) is 0 Å². The molecule has 0 aromatic heterocycles. The van der Waals surface area contributed by atoms with Crippen molar-refractivity contribution in [2.75, 3.05) is 0 Å². The Morgan fingerprint density at radius 3 is 1.14 bits per heavy atom. The lowest BCUT2D eigenvalue weighted by molar-refractivity contribution is 0.0725. The quantitative estimate of drug-likeness (QED) is 0.353. The van der Waals surface area contributed by atoms with E-state index in [4.69, 9.17) is 0 Å². The van der Waals surface area contributed by atoms with Gasteiger partial charge in [-0.2, -0.15) is 0 Å². The molecular weight excluding hydrogens is 444 g/mol. The average Bonchev–Trinajstić information content (AvgIpc) is 3.46. The van der Waals surface area contributed by atoms with E-state index in [1.807, 2.05) is 0 Å².